The first-order valence-corrected chi connectivity index (χ1v) is 5.45. The maximum Gasteiger partial charge on any atom is 0.168 e. The van der Waals surface area contributed by atoms with Gasteiger partial charge in [-0.2, -0.15) is 0 Å². The van der Waals surface area contributed by atoms with Crippen molar-refractivity contribution >= 4 is 39.4 Å². The summed E-state index contributed by atoms with van der Waals surface area (Å²) >= 11 is 6.01. The predicted octanol–water partition coefficient (Wildman–Crippen LogP) is 2.06. The topological polar surface area (TPSA) is 68.8 Å². The van der Waals surface area contributed by atoms with Gasteiger partial charge in [0.25, 0.3) is 0 Å². The van der Waals surface area contributed by atoms with Gasteiger partial charge in [0.1, 0.15) is 17.4 Å². The number of halogens is 1. The SMILES string of the molecule is Cn1c2ccc(Cl)cc2c2ncnc(NN)c21. The second kappa shape index (κ2) is 3.58. The van der Waals surface area contributed by atoms with Crippen LogP contribution in [0.3, 0.4) is 0 Å². The van der Waals surface area contributed by atoms with Crippen molar-refractivity contribution in [2.24, 2.45) is 12.9 Å². The summed E-state index contributed by atoms with van der Waals surface area (Å²) in [6, 6.07) is 5.71. The second-order valence-electron chi connectivity index (χ2n) is 3.78. The summed E-state index contributed by atoms with van der Waals surface area (Å²) < 4.78 is 2.00. The lowest BCUT2D eigenvalue weighted by molar-refractivity contribution is 1.00. The first-order valence-electron chi connectivity index (χ1n) is 5.07. The molecule has 0 fully saturated rings. The molecule has 0 spiro atoms. The van der Waals surface area contributed by atoms with Crippen LogP contribution in [0.2, 0.25) is 5.02 Å². The minimum atomic E-state index is 0.602. The van der Waals surface area contributed by atoms with E-state index in [4.69, 9.17) is 17.4 Å². The van der Waals surface area contributed by atoms with Crippen molar-refractivity contribution < 1.29 is 0 Å². The first-order chi connectivity index (χ1) is 8.22. The van der Waals surface area contributed by atoms with E-state index in [9.17, 15) is 0 Å². The van der Waals surface area contributed by atoms with E-state index < -0.39 is 0 Å². The minimum Gasteiger partial charge on any atom is -0.339 e. The highest BCUT2D eigenvalue weighted by Gasteiger charge is 2.13. The largest absolute Gasteiger partial charge is 0.339 e. The van der Waals surface area contributed by atoms with Crippen molar-refractivity contribution in [3.63, 3.8) is 0 Å². The third kappa shape index (κ3) is 1.36. The van der Waals surface area contributed by atoms with Gasteiger partial charge in [0.05, 0.1) is 5.52 Å². The average Bonchev–Trinajstić information content (AvgIpc) is 2.63. The Balaban J connectivity index is 2.58. The molecule has 3 rings (SSSR count). The van der Waals surface area contributed by atoms with Gasteiger partial charge in [0.2, 0.25) is 0 Å². The van der Waals surface area contributed by atoms with Crippen LogP contribution in [0.25, 0.3) is 21.9 Å². The molecule has 0 saturated heterocycles. The lowest BCUT2D eigenvalue weighted by Crippen LogP contribution is -2.10. The number of fused-ring (bicyclic) bond motifs is 3. The Morgan fingerprint density at radius 3 is 2.94 bits per heavy atom. The van der Waals surface area contributed by atoms with Gasteiger partial charge in [0, 0.05) is 17.5 Å². The number of hydrazine groups is 1. The predicted molar refractivity (Wildman–Crippen MR) is 68.8 cm³/mol. The van der Waals surface area contributed by atoms with Crippen molar-refractivity contribution in [1.82, 2.24) is 14.5 Å². The molecule has 86 valence electrons. The number of nitrogens with zero attached hydrogens (tertiary/aromatic N) is 3. The first kappa shape index (κ1) is 10.3. The van der Waals surface area contributed by atoms with Crippen LogP contribution in [0.4, 0.5) is 5.82 Å². The van der Waals surface area contributed by atoms with Gasteiger partial charge in [-0.05, 0) is 18.2 Å². The number of nitrogen functional groups attached to an aromatic ring is 1. The third-order valence-electron chi connectivity index (χ3n) is 2.87. The van der Waals surface area contributed by atoms with Gasteiger partial charge in [-0.25, -0.2) is 15.8 Å². The fourth-order valence-corrected chi connectivity index (χ4v) is 2.28. The number of benzene rings is 1. The molecule has 0 radical (unpaired) electrons. The third-order valence-corrected chi connectivity index (χ3v) is 3.10. The van der Waals surface area contributed by atoms with E-state index in [1.165, 1.54) is 6.33 Å². The molecule has 5 nitrogen and oxygen atoms in total. The molecule has 0 aliphatic rings. The van der Waals surface area contributed by atoms with Crippen molar-refractivity contribution in [3.8, 4) is 0 Å². The summed E-state index contributed by atoms with van der Waals surface area (Å²) in [7, 11) is 1.95. The molecule has 3 N–H and O–H groups in total. The highest BCUT2D eigenvalue weighted by Crippen LogP contribution is 2.31. The zero-order valence-electron chi connectivity index (χ0n) is 9.11. The molecule has 0 amide bonds. The molecule has 0 unspecified atom stereocenters. The summed E-state index contributed by atoms with van der Waals surface area (Å²) in [5.41, 5.74) is 5.33. The molecule has 6 heteroatoms. The van der Waals surface area contributed by atoms with Crippen molar-refractivity contribution in [2.45, 2.75) is 0 Å². The number of nitrogens with two attached hydrogens (primary N) is 1. The van der Waals surface area contributed by atoms with Crippen LogP contribution < -0.4 is 11.3 Å². The maximum absolute atomic E-state index is 6.01. The normalized spacial score (nSPS) is 11.2. The van der Waals surface area contributed by atoms with Crippen molar-refractivity contribution in [2.75, 3.05) is 5.43 Å². The molecule has 0 aliphatic heterocycles. The average molecular weight is 248 g/mol. The van der Waals surface area contributed by atoms with Crippen LogP contribution in [-0.2, 0) is 7.05 Å². The summed E-state index contributed by atoms with van der Waals surface area (Å²) in [6.45, 7) is 0. The Hall–Kier alpha value is -1.85. The molecule has 1 aromatic carbocycles. The smallest absolute Gasteiger partial charge is 0.168 e. The highest BCUT2D eigenvalue weighted by atomic mass is 35.5. The fraction of sp³-hybridized carbons (Fsp3) is 0.0909. The molecule has 0 atom stereocenters. The summed E-state index contributed by atoms with van der Waals surface area (Å²) in [6.07, 6.45) is 1.48. The number of hydrogen-bond acceptors (Lipinski definition) is 4. The van der Waals surface area contributed by atoms with Crippen molar-refractivity contribution in [1.29, 1.82) is 0 Å². The number of rotatable bonds is 1. The Morgan fingerprint density at radius 2 is 2.18 bits per heavy atom. The van der Waals surface area contributed by atoms with E-state index >= 15 is 0 Å². The van der Waals surface area contributed by atoms with Gasteiger partial charge in [-0.15, -0.1) is 0 Å². The van der Waals surface area contributed by atoms with Gasteiger partial charge in [0.15, 0.2) is 5.82 Å². The Labute approximate surface area is 102 Å². The van der Waals surface area contributed by atoms with E-state index in [2.05, 4.69) is 15.4 Å². The number of nitrogens with one attached hydrogen (secondary N) is 1. The molecule has 0 bridgehead atoms. The minimum absolute atomic E-state index is 0.602. The zero-order chi connectivity index (χ0) is 12.0. The molecule has 0 aliphatic carbocycles. The summed E-state index contributed by atoms with van der Waals surface area (Å²) in [4.78, 5) is 8.40. The van der Waals surface area contributed by atoms with E-state index in [0.29, 0.717) is 10.8 Å². The van der Waals surface area contributed by atoms with Gasteiger partial charge < -0.3 is 9.99 Å². The van der Waals surface area contributed by atoms with Crippen LogP contribution >= 0.6 is 11.6 Å². The maximum atomic E-state index is 6.01. The second-order valence-corrected chi connectivity index (χ2v) is 4.22. The molecule has 0 saturated carbocycles. The van der Waals surface area contributed by atoms with E-state index in [-0.39, 0.29) is 0 Å². The zero-order valence-corrected chi connectivity index (χ0v) is 9.86. The van der Waals surface area contributed by atoms with E-state index in [1.54, 1.807) is 0 Å². The Kier molecular flexibility index (Phi) is 2.17. The molecule has 3 aromatic rings. The van der Waals surface area contributed by atoms with Gasteiger partial charge in [-0.3, -0.25) is 0 Å². The molecular formula is C11H10ClN5. The number of anilines is 1. The standard InChI is InChI=1S/C11H10ClN5/c1-17-8-3-2-6(12)4-7(8)9-10(17)11(16-13)15-5-14-9/h2-5H,13H2,1H3,(H,14,15,16). The summed E-state index contributed by atoms with van der Waals surface area (Å²) in [5.74, 6) is 6.06. The van der Waals surface area contributed by atoms with Crippen LogP contribution in [0.5, 0.6) is 0 Å². The van der Waals surface area contributed by atoms with Crippen LogP contribution in [0, 0.1) is 0 Å². The molecule has 17 heavy (non-hydrogen) atoms. The van der Waals surface area contributed by atoms with Crippen LogP contribution in [0.15, 0.2) is 24.5 Å². The van der Waals surface area contributed by atoms with Crippen LogP contribution in [-0.4, -0.2) is 14.5 Å². The molecular weight excluding hydrogens is 238 g/mol. The van der Waals surface area contributed by atoms with E-state index in [1.807, 2.05) is 29.8 Å². The molecule has 2 heterocycles. The number of aromatic nitrogens is 3. The number of aryl methyl sites for hydroxylation is 1. The lowest BCUT2D eigenvalue weighted by Gasteiger charge is -2.02. The lowest BCUT2D eigenvalue weighted by atomic mass is 10.2. The Bertz CT molecular complexity index is 719. The number of hydrogen-bond donors (Lipinski definition) is 2. The quantitative estimate of drug-likeness (QED) is 0.510. The highest BCUT2D eigenvalue weighted by molar-refractivity contribution is 6.31. The van der Waals surface area contributed by atoms with Gasteiger partial charge >= 0.3 is 0 Å². The van der Waals surface area contributed by atoms with Crippen LogP contribution in [0.1, 0.15) is 0 Å². The fourth-order valence-electron chi connectivity index (χ4n) is 2.11. The monoisotopic (exact) mass is 247 g/mol. The Morgan fingerprint density at radius 1 is 1.35 bits per heavy atom. The van der Waals surface area contributed by atoms with Crippen molar-refractivity contribution in [3.05, 3.63) is 29.5 Å². The van der Waals surface area contributed by atoms with Gasteiger partial charge in [-0.1, -0.05) is 11.6 Å². The van der Waals surface area contributed by atoms with E-state index in [0.717, 1.165) is 21.9 Å². The molecule has 2 aromatic heterocycles. The summed E-state index contributed by atoms with van der Waals surface area (Å²) in [5, 5.41) is 1.68.